The zero-order valence-corrected chi connectivity index (χ0v) is 7.46. The minimum atomic E-state index is -0.733. The van der Waals surface area contributed by atoms with Gasteiger partial charge in [0.1, 0.15) is 0 Å². The van der Waals surface area contributed by atoms with Gasteiger partial charge in [-0.25, -0.2) is 0 Å². The molecule has 2 saturated heterocycles. The highest BCUT2D eigenvalue weighted by Crippen LogP contribution is 2.37. The predicted octanol–water partition coefficient (Wildman–Crippen LogP) is 0.512. The lowest BCUT2D eigenvalue weighted by Gasteiger charge is -2.36. The van der Waals surface area contributed by atoms with Gasteiger partial charge in [0.25, 0.3) is 0 Å². The fourth-order valence-corrected chi connectivity index (χ4v) is 1.55. The molecule has 0 aromatic heterocycles. The van der Waals surface area contributed by atoms with E-state index in [1.54, 1.807) is 0 Å². The largest absolute Gasteiger partial charge is 0.343 e. The Balaban J connectivity index is 2.14. The summed E-state index contributed by atoms with van der Waals surface area (Å²) < 4.78 is 21.8. The molecule has 0 spiro atoms. The Morgan fingerprint density at radius 2 is 0.917 bits per heavy atom. The highest BCUT2D eigenvalue weighted by molar-refractivity contribution is 4.86. The first-order valence-corrected chi connectivity index (χ1v) is 4.22. The summed E-state index contributed by atoms with van der Waals surface area (Å²) in [5.41, 5.74) is 0. The summed E-state index contributed by atoms with van der Waals surface area (Å²) in [4.78, 5) is 0. The van der Waals surface area contributed by atoms with Crippen molar-refractivity contribution in [3.8, 4) is 0 Å². The van der Waals surface area contributed by atoms with Crippen LogP contribution < -0.4 is 0 Å². The number of ether oxygens (including phenoxy) is 4. The lowest BCUT2D eigenvalue weighted by Crippen LogP contribution is -2.51. The number of hydrogen-bond donors (Lipinski definition) is 0. The van der Waals surface area contributed by atoms with E-state index in [-0.39, 0.29) is 0 Å². The quantitative estimate of drug-likeness (QED) is 0.580. The molecule has 2 heterocycles. The highest BCUT2D eigenvalue weighted by atomic mass is 16.8. The van der Waals surface area contributed by atoms with Gasteiger partial charge in [-0.1, -0.05) is 0 Å². The second kappa shape index (κ2) is 2.67. The van der Waals surface area contributed by atoms with Gasteiger partial charge in [0.05, 0.1) is 26.4 Å². The van der Waals surface area contributed by atoms with E-state index in [0.29, 0.717) is 26.4 Å². The summed E-state index contributed by atoms with van der Waals surface area (Å²) in [6, 6.07) is 0. The van der Waals surface area contributed by atoms with Gasteiger partial charge in [-0.2, -0.15) is 0 Å². The van der Waals surface area contributed by atoms with Crippen LogP contribution in [0.4, 0.5) is 0 Å². The van der Waals surface area contributed by atoms with Crippen LogP contribution in [0.5, 0.6) is 0 Å². The van der Waals surface area contributed by atoms with Gasteiger partial charge in [-0.3, -0.25) is 0 Å². The molecule has 0 saturated carbocycles. The lowest BCUT2D eigenvalue weighted by molar-refractivity contribution is -0.329. The molecule has 0 radical (unpaired) electrons. The first kappa shape index (κ1) is 8.44. The molecule has 0 aromatic rings. The predicted molar refractivity (Wildman–Crippen MR) is 40.6 cm³/mol. The van der Waals surface area contributed by atoms with Crippen LogP contribution in [-0.4, -0.2) is 38.0 Å². The average molecular weight is 174 g/mol. The molecule has 0 aromatic carbocycles. The van der Waals surface area contributed by atoms with Crippen LogP contribution in [0.1, 0.15) is 13.8 Å². The first-order chi connectivity index (χ1) is 5.66. The van der Waals surface area contributed by atoms with Crippen molar-refractivity contribution in [3.05, 3.63) is 0 Å². The Morgan fingerprint density at radius 3 is 1.17 bits per heavy atom. The summed E-state index contributed by atoms with van der Waals surface area (Å²) in [7, 11) is 0. The third-order valence-electron chi connectivity index (χ3n) is 2.50. The van der Waals surface area contributed by atoms with E-state index in [4.69, 9.17) is 18.9 Å². The summed E-state index contributed by atoms with van der Waals surface area (Å²) in [6.45, 7) is 6.14. The van der Waals surface area contributed by atoms with E-state index in [2.05, 4.69) is 0 Å². The van der Waals surface area contributed by atoms with Crippen LogP contribution in [-0.2, 0) is 18.9 Å². The zero-order valence-electron chi connectivity index (χ0n) is 7.46. The maximum absolute atomic E-state index is 5.46. The van der Waals surface area contributed by atoms with Gasteiger partial charge in [-0.05, 0) is 13.8 Å². The molecule has 0 amide bonds. The fraction of sp³-hybridized carbons (Fsp3) is 1.00. The van der Waals surface area contributed by atoms with Crippen molar-refractivity contribution in [1.82, 2.24) is 0 Å². The number of hydrogen-bond acceptors (Lipinski definition) is 4. The summed E-state index contributed by atoms with van der Waals surface area (Å²) >= 11 is 0. The van der Waals surface area contributed by atoms with Gasteiger partial charge in [0, 0.05) is 0 Å². The minimum Gasteiger partial charge on any atom is -0.343 e. The standard InChI is InChI=1S/C8H14O4/c1-7(9-3-4-10-7)8(2)11-5-6-12-8/h3-6H2,1-2H3. The third kappa shape index (κ3) is 1.07. The molecular formula is C8H14O4. The fourth-order valence-electron chi connectivity index (χ4n) is 1.55. The molecule has 4 heteroatoms. The molecular weight excluding hydrogens is 160 g/mol. The van der Waals surface area contributed by atoms with E-state index in [0.717, 1.165) is 0 Å². The van der Waals surface area contributed by atoms with Crippen molar-refractivity contribution in [3.63, 3.8) is 0 Å². The van der Waals surface area contributed by atoms with E-state index in [1.165, 1.54) is 0 Å². The van der Waals surface area contributed by atoms with E-state index in [9.17, 15) is 0 Å². The Labute approximate surface area is 71.7 Å². The van der Waals surface area contributed by atoms with Crippen molar-refractivity contribution >= 4 is 0 Å². The molecule has 4 nitrogen and oxygen atoms in total. The van der Waals surface area contributed by atoms with Crippen LogP contribution in [0.2, 0.25) is 0 Å². The highest BCUT2D eigenvalue weighted by Gasteiger charge is 2.54. The van der Waals surface area contributed by atoms with Crippen LogP contribution in [0.25, 0.3) is 0 Å². The Bertz CT molecular complexity index is 148. The maximum atomic E-state index is 5.46. The Kier molecular flexibility index (Phi) is 1.88. The van der Waals surface area contributed by atoms with Crippen LogP contribution in [0.15, 0.2) is 0 Å². The topological polar surface area (TPSA) is 36.9 Å². The van der Waals surface area contributed by atoms with Gasteiger partial charge in [-0.15, -0.1) is 0 Å². The Hall–Kier alpha value is -0.160. The number of rotatable bonds is 1. The SMILES string of the molecule is CC1(C2(C)OCCO2)OCCO1. The van der Waals surface area contributed by atoms with E-state index < -0.39 is 11.6 Å². The summed E-state index contributed by atoms with van der Waals surface area (Å²) in [5.74, 6) is -1.47. The van der Waals surface area contributed by atoms with Crippen LogP contribution in [0, 0.1) is 0 Å². The molecule has 0 aliphatic carbocycles. The molecule has 12 heavy (non-hydrogen) atoms. The zero-order chi connectivity index (χ0) is 8.66. The third-order valence-corrected chi connectivity index (χ3v) is 2.50. The van der Waals surface area contributed by atoms with Crippen molar-refractivity contribution in [2.75, 3.05) is 26.4 Å². The molecule has 2 rings (SSSR count). The van der Waals surface area contributed by atoms with Crippen molar-refractivity contribution in [1.29, 1.82) is 0 Å². The summed E-state index contributed by atoms with van der Waals surface area (Å²) in [6.07, 6.45) is 0. The monoisotopic (exact) mass is 174 g/mol. The minimum absolute atomic E-state index is 0.610. The Morgan fingerprint density at radius 1 is 0.667 bits per heavy atom. The molecule has 0 atom stereocenters. The smallest absolute Gasteiger partial charge is 0.220 e. The van der Waals surface area contributed by atoms with Gasteiger partial charge in [0.2, 0.25) is 11.6 Å². The van der Waals surface area contributed by atoms with Gasteiger partial charge >= 0.3 is 0 Å². The maximum Gasteiger partial charge on any atom is 0.220 e. The van der Waals surface area contributed by atoms with Crippen molar-refractivity contribution in [2.45, 2.75) is 25.4 Å². The van der Waals surface area contributed by atoms with E-state index in [1.807, 2.05) is 13.8 Å². The second-order valence-electron chi connectivity index (χ2n) is 3.29. The van der Waals surface area contributed by atoms with Gasteiger partial charge in [0.15, 0.2) is 0 Å². The molecule has 0 bridgehead atoms. The second-order valence-corrected chi connectivity index (χ2v) is 3.29. The molecule has 0 unspecified atom stereocenters. The van der Waals surface area contributed by atoms with Crippen molar-refractivity contribution in [2.24, 2.45) is 0 Å². The normalized spacial score (nSPS) is 32.5. The molecule has 70 valence electrons. The summed E-state index contributed by atoms with van der Waals surface area (Å²) in [5, 5.41) is 0. The first-order valence-electron chi connectivity index (χ1n) is 4.22. The van der Waals surface area contributed by atoms with Crippen LogP contribution in [0.3, 0.4) is 0 Å². The van der Waals surface area contributed by atoms with E-state index >= 15 is 0 Å². The molecule has 2 aliphatic heterocycles. The van der Waals surface area contributed by atoms with Gasteiger partial charge < -0.3 is 18.9 Å². The van der Waals surface area contributed by atoms with Crippen LogP contribution >= 0.6 is 0 Å². The molecule has 2 fully saturated rings. The van der Waals surface area contributed by atoms with Crippen molar-refractivity contribution < 1.29 is 18.9 Å². The lowest BCUT2D eigenvalue weighted by atomic mass is 10.1. The molecule has 0 N–H and O–H groups in total. The average Bonchev–Trinajstić information content (AvgIpc) is 2.60. The molecule has 2 aliphatic rings.